The zero-order chi connectivity index (χ0) is 19.8. The van der Waals surface area contributed by atoms with E-state index in [1.807, 2.05) is 11.0 Å². The fourth-order valence-electron chi connectivity index (χ4n) is 4.18. The standard InChI is InChI=1S/C23H22N4O2/c28-22(17-5-7-19(8-6-17)27-14-11-24-23(27)29)26-12-9-16(10-13-26)21-15-18-3-1-2-4-20(18)25-21/h1-8,11,14-16,25H,9-10,12-13H2,(H,24,29). The first-order chi connectivity index (χ1) is 14.2. The predicted octanol–water partition coefficient (Wildman–Crippen LogP) is 3.67. The average Bonchev–Trinajstić information content (AvgIpc) is 3.39. The van der Waals surface area contributed by atoms with Gasteiger partial charge < -0.3 is 14.9 Å². The van der Waals surface area contributed by atoms with E-state index in [0.717, 1.165) is 31.6 Å². The van der Waals surface area contributed by atoms with Gasteiger partial charge >= 0.3 is 5.69 Å². The van der Waals surface area contributed by atoms with Gasteiger partial charge in [-0.05, 0) is 54.6 Å². The summed E-state index contributed by atoms with van der Waals surface area (Å²) in [6, 6.07) is 17.8. The molecule has 0 atom stereocenters. The van der Waals surface area contributed by atoms with Crippen LogP contribution in [0.4, 0.5) is 0 Å². The highest BCUT2D eigenvalue weighted by Crippen LogP contribution is 2.30. The van der Waals surface area contributed by atoms with E-state index < -0.39 is 0 Å². The van der Waals surface area contributed by atoms with Crippen LogP contribution in [-0.4, -0.2) is 38.4 Å². The van der Waals surface area contributed by atoms with Crippen molar-refractivity contribution in [1.29, 1.82) is 0 Å². The molecule has 2 aromatic carbocycles. The van der Waals surface area contributed by atoms with Crippen LogP contribution < -0.4 is 5.69 Å². The zero-order valence-corrected chi connectivity index (χ0v) is 16.0. The van der Waals surface area contributed by atoms with Crippen LogP contribution in [0.25, 0.3) is 16.6 Å². The molecule has 0 saturated carbocycles. The van der Waals surface area contributed by atoms with E-state index >= 15 is 0 Å². The van der Waals surface area contributed by atoms with E-state index in [1.165, 1.54) is 21.2 Å². The number of nitrogens with one attached hydrogen (secondary N) is 2. The number of hydrogen-bond donors (Lipinski definition) is 2. The van der Waals surface area contributed by atoms with Gasteiger partial charge in [0.05, 0.1) is 5.69 Å². The summed E-state index contributed by atoms with van der Waals surface area (Å²) in [4.78, 5) is 32.7. The van der Waals surface area contributed by atoms with Crippen molar-refractivity contribution in [1.82, 2.24) is 19.4 Å². The first-order valence-electron chi connectivity index (χ1n) is 9.92. The third kappa shape index (κ3) is 3.27. The van der Waals surface area contributed by atoms with Crippen LogP contribution in [-0.2, 0) is 0 Å². The molecule has 1 amide bonds. The first-order valence-corrected chi connectivity index (χ1v) is 9.92. The van der Waals surface area contributed by atoms with Crippen molar-refractivity contribution >= 4 is 16.8 Å². The predicted molar refractivity (Wildman–Crippen MR) is 113 cm³/mol. The highest BCUT2D eigenvalue weighted by Gasteiger charge is 2.25. The summed E-state index contributed by atoms with van der Waals surface area (Å²) in [5.41, 5.74) is 3.64. The number of fused-ring (bicyclic) bond motifs is 1. The van der Waals surface area contributed by atoms with Crippen molar-refractivity contribution in [2.45, 2.75) is 18.8 Å². The summed E-state index contributed by atoms with van der Waals surface area (Å²) in [7, 11) is 0. The number of rotatable bonds is 3. The summed E-state index contributed by atoms with van der Waals surface area (Å²) < 4.78 is 1.51. The van der Waals surface area contributed by atoms with Gasteiger partial charge in [-0.25, -0.2) is 4.79 Å². The number of benzene rings is 2. The number of aromatic nitrogens is 3. The molecule has 2 N–H and O–H groups in total. The van der Waals surface area contributed by atoms with Crippen LogP contribution in [0.1, 0.15) is 34.8 Å². The molecule has 146 valence electrons. The molecule has 4 aromatic rings. The first kappa shape index (κ1) is 17.6. The van der Waals surface area contributed by atoms with Gasteiger partial charge in [-0.1, -0.05) is 18.2 Å². The zero-order valence-electron chi connectivity index (χ0n) is 16.0. The third-order valence-electron chi connectivity index (χ3n) is 5.81. The van der Waals surface area contributed by atoms with Crippen molar-refractivity contribution in [3.05, 3.63) is 88.7 Å². The van der Waals surface area contributed by atoms with Crippen LogP contribution >= 0.6 is 0 Å². The lowest BCUT2D eigenvalue weighted by Crippen LogP contribution is -2.38. The van der Waals surface area contributed by atoms with Gasteiger partial charge in [-0.15, -0.1) is 0 Å². The van der Waals surface area contributed by atoms with E-state index in [-0.39, 0.29) is 11.6 Å². The Morgan fingerprint density at radius 2 is 1.76 bits per heavy atom. The number of imidazole rings is 1. The minimum absolute atomic E-state index is 0.0491. The van der Waals surface area contributed by atoms with Crippen molar-refractivity contribution < 1.29 is 4.79 Å². The number of para-hydroxylation sites is 1. The van der Waals surface area contributed by atoms with Crippen molar-refractivity contribution in [2.75, 3.05) is 13.1 Å². The molecule has 29 heavy (non-hydrogen) atoms. The molecule has 0 spiro atoms. The number of hydrogen-bond acceptors (Lipinski definition) is 2. The number of likely N-dealkylation sites (tertiary alicyclic amines) is 1. The second-order valence-corrected chi connectivity index (χ2v) is 7.56. The molecule has 0 bridgehead atoms. The molecular formula is C23H22N4O2. The molecule has 1 aliphatic heterocycles. The van der Waals surface area contributed by atoms with E-state index in [1.54, 1.807) is 36.7 Å². The largest absolute Gasteiger partial charge is 0.358 e. The van der Waals surface area contributed by atoms with E-state index in [2.05, 4.69) is 34.2 Å². The van der Waals surface area contributed by atoms with Crippen molar-refractivity contribution in [3.8, 4) is 5.69 Å². The van der Waals surface area contributed by atoms with Crippen LogP contribution in [0.2, 0.25) is 0 Å². The van der Waals surface area contributed by atoms with E-state index in [9.17, 15) is 9.59 Å². The Labute approximate surface area is 167 Å². The molecule has 1 aliphatic rings. The Morgan fingerprint density at radius 1 is 1.00 bits per heavy atom. The summed E-state index contributed by atoms with van der Waals surface area (Å²) in [5, 5.41) is 1.24. The molecule has 6 heteroatoms. The van der Waals surface area contributed by atoms with Gasteiger partial charge in [0.25, 0.3) is 5.91 Å². The Kier molecular flexibility index (Phi) is 4.31. The van der Waals surface area contributed by atoms with Gasteiger partial charge in [-0.2, -0.15) is 0 Å². The molecule has 5 rings (SSSR count). The van der Waals surface area contributed by atoms with Crippen LogP contribution in [0.3, 0.4) is 0 Å². The second-order valence-electron chi connectivity index (χ2n) is 7.56. The number of aromatic amines is 2. The maximum atomic E-state index is 12.9. The molecule has 6 nitrogen and oxygen atoms in total. The summed E-state index contributed by atoms with van der Waals surface area (Å²) in [6.45, 7) is 1.50. The molecule has 0 unspecified atom stereocenters. The number of amides is 1. The molecule has 2 aromatic heterocycles. The molecular weight excluding hydrogens is 364 g/mol. The second kappa shape index (κ2) is 7.13. The lowest BCUT2D eigenvalue weighted by atomic mass is 9.93. The van der Waals surface area contributed by atoms with Gasteiger partial charge in [0.1, 0.15) is 0 Å². The smallest absolute Gasteiger partial charge is 0.330 e. The third-order valence-corrected chi connectivity index (χ3v) is 5.81. The SMILES string of the molecule is O=C(c1ccc(-n2cc[nH]c2=O)cc1)N1CCC(c2cc3ccccc3[nH]2)CC1. The number of carbonyl (C=O) groups is 1. The van der Waals surface area contributed by atoms with Gasteiger partial charge in [0.2, 0.25) is 0 Å². The quantitative estimate of drug-likeness (QED) is 0.564. The monoisotopic (exact) mass is 386 g/mol. The average molecular weight is 386 g/mol. The van der Waals surface area contributed by atoms with E-state index in [0.29, 0.717) is 11.5 Å². The van der Waals surface area contributed by atoms with Gasteiger partial charge in [0, 0.05) is 48.2 Å². The van der Waals surface area contributed by atoms with Crippen molar-refractivity contribution in [2.24, 2.45) is 0 Å². The van der Waals surface area contributed by atoms with Crippen molar-refractivity contribution in [3.63, 3.8) is 0 Å². The summed E-state index contributed by atoms with van der Waals surface area (Å²) in [6.07, 6.45) is 5.18. The van der Waals surface area contributed by atoms with Gasteiger partial charge in [0.15, 0.2) is 0 Å². The van der Waals surface area contributed by atoms with E-state index in [4.69, 9.17) is 0 Å². The molecule has 1 fully saturated rings. The number of piperidine rings is 1. The topological polar surface area (TPSA) is 73.9 Å². The molecule has 0 radical (unpaired) electrons. The highest BCUT2D eigenvalue weighted by atomic mass is 16.2. The normalized spacial score (nSPS) is 15.1. The minimum atomic E-state index is -0.192. The molecule has 3 heterocycles. The Hall–Kier alpha value is -3.54. The Bertz CT molecular complexity index is 1170. The fraction of sp³-hybridized carbons (Fsp3) is 0.217. The Balaban J connectivity index is 1.26. The molecule has 1 saturated heterocycles. The lowest BCUT2D eigenvalue weighted by Gasteiger charge is -2.31. The summed E-state index contributed by atoms with van der Waals surface area (Å²) in [5.74, 6) is 0.502. The number of H-pyrrole nitrogens is 2. The van der Waals surface area contributed by atoms with Gasteiger partial charge in [-0.3, -0.25) is 9.36 Å². The fourth-order valence-corrected chi connectivity index (χ4v) is 4.18. The maximum Gasteiger partial charge on any atom is 0.330 e. The number of carbonyl (C=O) groups excluding carboxylic acids is 1. The minimum Gasteiger partial charge on any atom is -0.358 e. The van der Waals surface area contributed by atoms with Crippen LogP contribution in [0.15, 0.2) is 71.8 Å². The lowest BCUT2D eigenvalue weighted by molar-refractivity contribution is 0.0712. The molecule has 0 aliphatic carbocycles. The highest BCUT2D eigenvalue weighted by molar-refractivity contribution is 5.94. The van der Waals surface area contributed by atoms with Crippen LogP contribution in [0.5, 0.6) is 0 Å². The Morgan fingerprint density at radius 3 is 2.45 bits per heavy atom. The maximum absolute atomic E-state index is 12.9. The number of nitrogens with zero attached hydrogens (tertiary/aromatic N) is 2. The van der Waals surface area contributed by atoms with Crippen LogP contribution in [0, 0.1) is 0 Å². The summed E-state index contributed by atoms with van der Waals surface area (Å²) >= 11 is 0.